The van der Waals surface area contributed by atoms with Gasteiger partial charge in [-0.3, -0.25) is 4.90 Å². The van der Waals surface area contributed by atoms with E-state index in [1.54, 1.807) is 0 Å². The van der Waals surface area contributed by atoms with E-state index in [4.69, 9.17) is 10.5 Å². The van der Waals surface area contributed by atoms with Gasteiger partial charge in [0.05, 0.1) is 6.10 Å². The molecule has 0 radical (unpaired) electrons. The lowest BCUT2D eigenvalue weighted by molar-refractivity contribution is -0.00781. The monoisotopic (exact) mass is 276 g/mol. The van der Waals surface area contributed by atoms with Gasteiger partial charge in [0.15, 0.2) is 0 Å². The van der Waals surface area contributed by atoms with Crippen LogP contribution in [0.2, 0.25) is 0 Å². The minimum absolute atomic E-state index is 0.278. The third-order valence-corrected chi connectivity index (χ3v) is 4.31. The van der Waals surface area contributed by atoms with Gasteiger partial charge in [-0.05, 0) is 51.3 Å². The maximum absolute atomic E-state index is 6.05. The SMILES string of the molecule is Cc1ccc(C)c(C(CN)N(C)CC2CCCCO2)c1. The Balaban J connectivity index is 2.07. The second-order valence-electron chi connectivity index (χ2n) is 6.04. The van der Waals surface area contributed by atoms with E-state index in [9.17, 15) is 0 Å². The number of nitrogens with zero attached hydrogens (tertiary/aromatic N) is 1. The van der Waals surface area contributed by atoms with Crippen molar-refractivity contribution in [2.24, 2.45) is 5.73 Å². The highest BCUT2D eigenvalue weighted by atomic mass is 16.5. The van der Waals surface area contributed by atoms with E-state index < -0.39 is 0 Å². The van der Waals surface area contributed by atoms with Gasteiger partial charge in [0.25, 0.3) is 0 Å². The van der Waals surface area contributed by atoms with Gasteiger partial charge in [0.2, 0.25) is 0 Å². The third kappa shape index (κ3) is 3.81. The molecule has 1 saturated heterocycles. The highest BCUT2D eigenvalue weighted by Crippen LogP contribution is 2.24. The molecule has 3 nitrogen and oxygen atoms in total. The van der Waals surface area contributed by atoms with E-state index in [-0.39, 0.29) is 6.04 Å². The molecular formula is C17H28N2O. The first kappa shape index (κ1) is 15.5. The summed E-state index contributed by atoms with van der Waals surface area (Å²) in [5.41, 5.74) is 10.0. The lowest BCUT2D eigenvalue weighted by atomic mass is 9.97. The van der Waals surface area contributed by atoms with Crippen molar-refractivity contribution in [1.82, 2.24) is 4.90 Å². The molecule has 0 spiro atoms. The fourth-order valence-corrected chi connectivity index (χ4v) is 3.06. The van der Waals surface area contributed by atoms with Gasteiger partial charge in [0, 0.05) is 25.7 Å². The van der Waals surface area contributed by atoms with Crippen LogP contribution in [0.15, 0.2) is 18.2 Å². The topological polar surface area (TPSA) is 38.5 Å². The molecule has 1 aliphatic rings. The van der Waals surface area contributed by atoms with E-state index in [0.29, 0.717) is 12.6 Å². The summed E-state index contributed by atoms with van der Waals surface area (Å²) in [7, 11) is 2.16. The molecule has 1 aromatic rings. The molecule has 2 atom stereocenters. The van der Waals surface area contributed by atoms with E-state index in [1.807, 2.05) is 0 Å². The van der Waals surface area contributed by atoms with Crippen molar-refractivity contribution in [3.63, 3.8) is 0 Å². The summed E-state index contributed by atoms with van der Waals surface area (Å²) >= 11 is 0. The van der Waals surface area contributed by atoms with E-state index in [0.717, 1.165) is 13.2 Å². The molecule has 20 heavy (non-hydrogen) atoms. The molecule has 1 heterocycles. The van der Waals surface area contributed by atoms with Crippen LogP contribution in [0.25, 0.3) is 0 Å². The Labute approximate surface area is 123 Å². The Kier molecular flexibility index (Phi) is 5.58. The largest absolute Gasteiger partial charge is 0.377 e. The molecule has 2 rings (SSSR count). The van der Waals surface area contributed by atoms with Crippen molar-refractivity contribution in [2.45, 2.75) is 45.3 Å². The van der Waals surface area contributed by atoms with Crippen molar-refractivity contribution < 1.29 is 4.74 Å². The highest BCUT2D eigenvalue weighted by Gasteiger charge is 2.22. The fraction of sp³-hybridized carbons (Fsp3) is 0.647. The van der Waals surface area contributed by atoms with Gasteiger partial charge >= 0.3 is 0 Å². The lowest BCUT2D eigenvalue weighted by Crippen LogP contribution is -2.38. The average molecular weight is 276 g/mol. The number of nitrogens with two attached hydrogens (primary N) is 1. The number of aryl methyl sites for hydroxylation is 2. The first-order chi connectivity index (χ1) is 9.61. The van der Waals surface area contributed by atoms with Crippen molar-refractivity contribution in [3.8, 4) is 0 Å². The number of rotatable bonds is 5. The summed E-state index contributed by atoms with van der Waals surface area (Å²) in [4.78, 5) is 2.36. The molecule has 2 unspecified atom stereocenters. The minimum atomic E-state index is 0.278. The second-order valence-corrected chi connectivity index (χ2v) is 6.04. The van der Waals surface area contributed by atoms with Gasteiger partial charge in [-0.25, -0.2) is 0 Å². The Morgan fingerprint density at radius 3 is 2.80 bits per heavy atom. The molecule has 112 valence electrons. The number of hydrogen-bond donors (Lipinski definition) is 1. The summed E-state index contributed by atoms with van der Waals surface area (Å²) in [6.07, 6.45) is 4.04. The third-order valence-electron chi connectivity index (χ3n) is 4.31. The molecular weight excluding hydrogens is 248 g/mol. The normalized spacial score (nSPS) is 21.1. The van der Waals surface area contributed by atoms with Gasteiger partial charge in [-0.2, -0.15) is 0 Å². The standard InChI is InChI=1S/C17H28N2O/c1-13-7-8-14(2)16(10-13)17(11-18)19(3)12-15-6-4-5-9-20-15/h7-8,10,15,17H,4-6,9,11-12,18H2,1-3H3. The Morgan fingerprint density at radius 1 is 1.35 bits per heavy atom. The molecule has 3 heteroatoms. The molecule has 0 amide bonds. The minimum Gasteiger partial charge on any atom is -0.377 e. The van der Waals surface area contributed by atoms with Crippen LogP contribution in [-0.4, -0.2) is 37.7 Å². The van der Waals surface area contributed by atoms with Gasteiger partial charge in [-0.15, -0.1) is 0 Å². The molecule has 0 aromatic heterocycles. The first-order valence-electron chi connectivity index (χ1n) is 7.71. The zero-order valence-corrected chi connectivity index (χ0v) is 13.1. The van der Waals surface area contributed by atoms with Crippen molar-refractivity contribution in [1.29, 1.82) is 0 Å². The number of hydrogen-bond acceptors (Lipinski definition) is 3. The van der Waals surface area contributed by atoms with Crippen molar-refractivity contribution in [2.75, 3.05) is 26.7 Å². The summed E-state index contributed by atoms with van der Waals surface area (Å²) in [6, 6.07) is 6.90. The van der Waals surface area contributed by atoms with Crippen LogP contribution < -0.4 is 5.73 Å². The lowest BCUT2D eigenvalue weighted by Gasteiger charge is -2.33. The molecule has 2 N–H and O–H groups in total. The number of likely N-dealkylation sites (N-methyl/N-ethyl adjacent to an activating group) is 1. The van der Waals surface area contributed by atoms with Crippen LogP contribution in [0.4, 0.5) is 0 Å². The molecule has 1 fully saturated rings. The highest BCUT2D eigenvalue weighted by molar-refractivity contribution is 5.33. The second kappa shape index (κ2) is 7.21. The van der Waals surface area contributed by atoms with E-state index in [1.165, 1.54) is 36.0 Å². The summed E-state index contributed by atoms with van der Waals surface area (Å²) < 4.78 is 5.85. The maximum Gasteiger partial charge on any atom is 0.0702 e. The number of benzene rings is 1. The maximum atomic E-state index is 6.05. The van der Waals surface area contributed by atoms with Gasteiger partial charge in [-0.1, -0.05) is 23.8 Å². The van der Waals surface area contributed by atoms with Crippen molar-refractivity contribution in [3.05, 3.63) is 34.9 Å². The van der Waals surface area contributed by atoms with E-state index in [2.05, 4.69) is 44.0 Å². The van der Waals surface area contributed by atoms with Crippen LogP contribution in [0, 0.1) is 13.8 Å². The molecule has 0 bridgehead atoms. The molecule has 0 aliphatic carbocycles. The smallest absolute Gasteiger partial charge is 0.0702 e. The molecule has 1 aliphatic heterocycles. The van der Waals surface area contributed by atoms with Crippen LogP contribution in [-0.2, 0) is 4.74 Å². The number of ether oxygens (including phenoxy) is 1. The molecule has 1 aromatic carbocycles. The quantitative estimate of drug-likeness (QED) is 0.898. The predicted octanol–water partition coefficient (Wildman–Crippen LogP) is 2.80. The summed E-state index contributed by atoms with van der Waals surface area (Å²) in [6.45, 7) is 6.83. The first-order valence-corrected chi connectivity index (χ1v) is 7.71. The van der Waals surface area contributed by atoms with Crippen LogP contribution in [0.5, 0.6) is 0 Å². The van der Waals surface area contributed by atoms with E-state index >= 15 is 0 Å². The summed E-state index contributed by atoms with van der Waals surface area (Å²) in [5.74, 6) is 0. The van der Waals surface area contributed by atoms with Gasteiger partial charge in [0.1, 0.15) is 0 Å². The summed E-state index contributed by atoms with van der Waals surface area (Å²) in [5, 5.41) is 0. The average Bonchev–Trinajstić information content (AvgIpc) is 2.44. The van der Waals surface area contributed by atoms with Crippen LogP contribution >= 0.6 is 0 Å². The fourth-order valence-electron chi connectivity index (χ4n) is 3.06. The van der Waals surface area contributed by atoms with Crippen LogP contribution in [0.1, 0.15) is 42.0 Å². The zero-order valence-electron chi connectivity index (χ0n) is 13.1. The van der Waals surface area contributed by atoms with Gasteiger partial charge < -0.3 is 10.5 Å². The van der Waals surface area contributed by atoms with Crippen molar-refractivity contribution >= 4 is 0 Å². The zero-order chi connectivity index (χ0) is 14.5. The Morgan fingerprint density at radius 2 is 2.15 bits per heavy atom. The molecule has 0 saturated carbocycles. The van der Waals surface area contributed by atoms with Crippen LogP contribution in [0.3, 0.4) is 0 Å². The Bertz CT molecular complexity index is 427. The predicted molar refractivity (Wildman–Crippen MR) is 83.9 cm³/mol. The Hall–Kier alpha value is -0.900.